The van der Waals surface area contributed by atoms with Crippen molar-refractivity contribution < 1.29 is 8.78 Å². The first-order valence-corrected chi connectivity index (χ1v) is 5.54. The van der Waals surface area contributed by atoms with Gasteiger partial charge in [0.25, 0.3) is 5.56 Å². The number of aromatic amines is 1. The van der Waals surface area contributed by atoms with E-state index >= 15 is 0 Å². The number of hydrogen-bond donors (Lipinski definition) is 1. The Morgan fingerprint density at radius 3 is 2.56 bits per heavy atom. The molecule has 0 amide bonds. The zero-order valence-corrected chi connectivity index (χ0v) is 10.00. The van der Waals surface area contributed by atoms with Crippen LogP contribution in [-0.4, -0.2) is 9.97 Å². The molecule has 1 heterocycles. The number of aromatic nitrogens is 2. The second-order valence-electron chi connectivity index (χ2n) is 4.29. The number of benzene rings is 1. The summed E-state index contributed by atoms with van der Waals surface area (Å²) < 4.78 is 26.4. The lowest BCUT2D eigenvalue weighted by atomic mass is 10.1. The van der Waals surface area contributed by atoms with Crippen molar-refractivity contribution in [2.75, 3.05) is 0 Å². The molecule has 0 unspecified atom stereocenters. The van der Waals surface area contributed by atoms with Crippen molar-refractivity contribution in [2.24, 2.45) is 0 Å². The quantitative estimate of drug-likeness (QED) is 0.890. The molecule has 2 rings (SSSR count). The van der Waals surface area contributed by atoms with Gasteiger partial charge >= 0.3 is 0 Å². The lowest BCUT2D eigenvalue weighted by Gasteiger charge is -2.07. The molecule has 0 radical (unpaired) electrons. The molecular formula is C13H12F2N2O. The molecule has 0 saturated carbocycles. The average molecular weight is 250 g/mol. The van der Waals surface area contributed by atoms with Gasteiger partial charge in [-0.05, 0) is 12.1 Å². The highest BCUT2D eigenvalue weighted by Gasteiger charge is 2.11. The highest BCUT2D eigenvalue weighted by Crippen LogP contribution is 2.21. The second kappa shape index (κ2) is 4.68. The second-order valence-corrected chi connectivity index (χ2v) is 4.29. The molecule has 94 valence electrons. The number of hydrogen-bond acceptors (Lipinski definition) is 2. The van der Waals surface area contributed by atoms with Gasteiger partial charge in [0.1, 0.15) is 17.5 Å². The molecule has 0 aliphatic heterocycles. The van der Waals surface area contributed by atoms with Gasteiger partial charge in [-0.1, -0.05) is 13.8 Å². The van der Waals surface area contributed by atoms with Gasteiger partial charge in [0.15, 0.2) is 0 Å². The predicted octanol–water partition coefficient (Wildman–Crippen LogP) is 2.84. The first-order chi connectivity index (χ1) is 8.47. The van der Waals surface area contributed by atoms with Gasteiger partial charge in [-0.25, -0.2) is 13.8 Å². The van der Waals surface area contributed by atoms with Crippen LogP contribution in [0.1, 0.15) is 25.6 Å². The van der Waals surface area contributed by atoms with Crippen molar-refractivity contribution in [1.29, 1.82) is 0 Å². The first kappa shape index (κ1) is 12.4. The van der Waals surface area contributed by atoms with E-state index in [0.717, 1.165) is 12.1 Å². The van der Waals surface area contributed by atoms with Gasteiger partial charge in [0.05, 0.1) is 5.69 Å². The minimum Gasteiger partial charge on any atom is -0.310 e. The summed E-state index contributed by atoms with van der Waals surface area (Å²) in [6.07, 6.45) is 0. The third-order valence-corrected chi connectivity index (χ3v) is 2.51. The lowest BCUT2D eigenvalue weighted by molar-refractivity contribution is 0.585. The summed E-state index contributed by atoms with van der Waals surface area (Å²) in [7, 11) is 0. The van der Waals surface area contributed by atoms with Crippen LogP contribution >= 0.6 is 0 Å². The standard InChI is InChI=1S/C13H12F2N2O/c1-7(2)13-16-11(6-12(18)17-13)9-4-3-8(14)5-10(9)15/h3-7H,1-2H3,(H,16,17,18). The van der Waals surface area contributed by atoms with Crippen molar-refractivity contribution in [3.8, 4) is 11.3 Å². The number of nitrogens with one attached hydrogen (secondary N) is 1. The van der Waals surface area contributed by atoms with Gasteiger partial charge in [0.2, 0.25) is 0 Å². The van der Waals surface area contributed by atoms with Crippen molar-refractivity contribution in [3.05, 3.63) is 52.1 Å². The van der Waals surface area contributed by atoms with E-state index in [1.807, 2.05) is 13.8 Å². The van der Waals surface area contributed by atoms with E-state index in [4.69, 9.17) is 0 Å². The zero-order chi connectivity index (χ0) is 13.3. The van der Waals surface area contributed by atoms with Gasteiger partial charge in [-0.3, -0.25) is 4.79 Å². The minimum atomic E-state index is -0.734. The fourth-order valence-electron chi connectivity index (χ4n) is 1.59. The molecule has 0 bridgehead atoms. The molecule has 0 saturated heterocycles. The maximum absolute atomic E-state index is 13.6. The molecular weight excluding hydrogens is 238 g/mol. The monoisotopic (exact) mass is 250 g/mol. The topological polar surface area (TPSA) is 45.8 Å². The molecule has 0 fully saturated rings. The van der Waals surface area contributed by atoms with Crippen LogP contribution in [0.4, 0.5) is 8.78 Å². The zero-order valence-electron chi connectivity index (χ0n) is 10.00. The largest absolute Gasteiger partial charge is 0.310 e. The van der Waals surface area contributed by atoms with Gasteiger partial charge in [0, 0.05) is 23.6 Å². The fraction of sp³-hybridized carbons (Fsp3) is 0.231. The number of rotatable bonds is 2. The van der Waals surface area contributed by atoms with Gasteiger partial charge < -0.3 is 4.98 Å². The Balaban J connectivity index is 2.60. The van der Waals surface area contributed by atoms with Crippen LogP contribution in [-0.2, 0) is 0 Å². The summed E-state index contributed by atoms with van der Waals surface area (Å²) in [4.78, 5) is 18.2. The van der Waals surface area contributed by atoms with Crippen LogP contribution in [0.15, 0.2) is 29.1 Å². The minimum absolute atomic E-state index is 0.0150. The van der Waals surface area contributed by atoms with E-state index in [1.165, 1.54) is 12.1 Å². The van der Waals surface area contributed by atoms with Crippen LogP contribution in [0, 0.1) is 11.6 Å². The summed E-state index contributed by atoms with van der Waals surface area (Å²) in [6, 6.07) is 4.38. The van der Waals surface area contributed by atoms with E-state index in [0.29, 0.717) is 5.82 Å². The molecule has 0 atom stereocenters. The van der Waals surface area contributed by atoms with Crippen LogP contribution in [0.2, 0.25) is 0 Å². The van der Waals surface area contributed by atoms with Crippen LogP contribution < -0.4 is 5.56 Å². The molecule has 0 aliphatic rings. The summed E-state index contributed by atoms with van der Waals surface area (Å²) in [5, 5.41) is 0. The molecule has 0 spiro atoms. The highest BCUT2D eigenvalue weighted by molar-refractivity contribution is 5.59. The number of halogens is 2. The SMILES string of the molecule is CC(C)c1nc(-c2ccc(F)cc2F)cc(=O)[nH]1. The normalized spacial score (nSPS) is 10.9. The molecule has 3 nitrogen and oxygen atoms in total. The van der Waals surface area contributed by atoms with E-state index in [9.17, 15) is 13.6 Å². The van der Waals surface area contributed by atoms with Crippen LogP contribution in [0.5, 0.6) is 0 Å². The van der Waals surface area contributed by atoms with E-state index in [-0.39, 0.29) is 22.7 Å². The molecule has 1 aromatic heterocycles. The van der Waals surface area contributed by atoms with Crippen LogP contribution in [0.25, 0.3) is 11.3 Å². The molecule has 18 heavy (non-hydrogen) atoms. The predicted molar refractivity (Wildman–Crippen MR) is 64.3 cm³/mol. The Kier molecular flexibility index (Phi) is 3.23. The summed E-state index contributed by atoms with van der Waals surface area (Å²) in [5.74, 6) is -0.907. The molecule has 5 heteroatoms. The maximum atomic E-state index is 13.6. The molecule has 0 aliphatic carbocycles. The van der Waals surface area contributed by atoms with Gasteiger partial charge in [-0.2, -0.15) is 0 Å². The molecule has 1 aromatic carbocycles. The Hall–Kier alpha value is -2.04. The number of nitrogens with zero attached hydrogens (tertiary/aromatic N) is 1. The van der Waals surface area contributed by atoms with E-state index in [2.05, 4.69) is 9.97 Å². The Bertz CT molecular complexity index is 635. The summed E-state index contributed by atoms with van der Waals surface area (Å²) >= 11 is 0. The Morgan fingerprint density at radius 2 is 1.94 bits per heavy atom. The Labute approximate surface area is 103 Å². The summed E-state index contributed by atoms with van der Waals surface area (Å²) in [5.41, 5.74) is -0.0308. The highest BCUT2D eigenvalue weighted by atomic mass is 19.1. The smallest absolute Gasteiger partial charge is 0.251 e. The van der Waals surface area contributed by atoms with Gasteiger partial charge in [-0.15, -0.1) is 0 Å². The third kappa shape index (κ3) is 2.45. The van der Waals surface area contributed by atoms with E-state index < -0.39 is 11.6 Å². The maximum Gasteiger partial charge on any atom is 0.251 e. The van der Waals surface area contributed by atoms with Crippen molar-refractivity contribution >= 4 is 0 Å². The number of H-pyrrole nitrogens is 1. The van der Waals surface area contributed by atoms with Crippen molar-refractivity contribution in [1.82, 2.24) is 9.97 Å². The Morgan fingerprint density at radius 1 is 1.22 bits per heavy atom. The molecule has 1 N–H and O–H groups in total. The summed E-state index contributed by atoms with van der Waals surface area (Å²) in [6.45, 7) is 3.73. The molecule has 2 aromatic rings. The van der Waals surface area contributed by atoms with Crippen molar-refractivity contribution in [2.45, 2.75) is 19.8 Å². The average Bonchev–Trinajstić information content (AvgIpc) is 2.27. The van der Waals surface area contributed by atoms with Crippen molar-refractivity contribution in [3.63, 3.8) is 0 Å². The fourth-order valence-corrected chi connectivity index (χ4v) is 1.59. The van der Waals surface area contributed by atoms with E-state index in [1.54, 1.807) is 0 Å². The first-order valence-electron chi connectivity index (χ1n) is 5.54. The third-order valence-electron chi connectivity index (χ3n) is 2.51. The van der Waals surface area contributed by atoms with Crippen LogP contribution in [0.3, 0.4) is 0 Å². The lowest BCUT2D eigenvalue weighted by Crippen LogP contribution is -2.12.